The Morgan fingerprint density at radius 3 is 2.57 bits per heavy atom. The van der Waals surface area contributed by atoms with E-state index in [4.69, 9.17) is 5.73 Å². The van der Waals surface area contributed by atoms with Gasteiger partial charge in [0.05, 0.1) is 22.6 Å². The Balaban J connectivity index is 1.74. The van der Waals surface area contributed by atoms with Crippen molar-refractivity contribution >= 4 is 17.3 Å². The quantitative estimate of drug-likeness (QED) is 0.517. The molecule has 3 aromatic rings. The summed E-state index contributed by atoms with van der Waals surface area (Å²) in [4.78, 5) is 17.0. The topological polar surface area (TPSA) is 104 Å². The lowest BCUT2D eigenvalue weighted by Crippen LogP contribution is -2.19. The SMILES string of the molecule is CC(C)CNCc1cnc(-c2ccc(C(=O)Nc3ccccc3N)cc2)c(C#N)c1. The zero-order chi connectivity index (χ0) is 21.5. The van der Waals surface area contributed by atoms with E-state index >= 15 is 0 Å². The van der Waals surface area contributed by atoms with Gasteiger partial charge in [0.15, 0.2) is 0 Å². The van der Waals surface area contributed by atoms with E-state index in [1.54, 1.807) is 42.6 Å². The van der Waals surface area contributed by atoms with E-state index in [0.717, 1.165) is 17.7 Å². The number of amides is 1. The van der Waals surface area contributed by atoms with Crippen LogP contribution in [0.15, 0.2) is 60.8 Å². The number of hydrogen-bond acceptors (Lipinski definition) is 5. The molecule has 0 aliphatic heterocycles. The molecule has 0 aliphatic carbocycles. The minimum Gasteiger partial charge on any atom is -0.397 e. The number of carbonyl (C=O) groups excluding carboxylic acids is 1. The Bertz CT molecular complexity index is 1070. The first-order valence-electron chi connectivity index (χ1n) is 9.84. The number of nitrogens with zero attached hydrogens (tertiary/aromatic N) is 2. The van der Waals surface area contributed by atoms with Gasteiger partial charge in [0.1, 0.15) is 6.07 Å². The fourth-order valence-corrected chi connectivity index (χ4v) is 3.01. The summed E-state index contributed by atoms with van der Waals surface area (Å²) in [5.74, 6) is 0.307. The minimum atomic E-state index is -0.250. The lowest BCUT2D eigenvalue weighted by Gasteiger charge is -2.10. The standard InChI is InChI=1S/C24H25N5O/c1-16(2)13-27-14-17-11-20(12-25)23(28-15-17)18-7-9-19(10-8-18)24(30)29-22-6-4-3-5-21(22)26/h3-11,15-16,27H,13-14,26H2,1-2H3,(H,29,30). The van der Waals surface area contributed by atoms with Crippen molar-refractivity contribution < 1.29 is 4.79 Å². The molecule has 0 atom stereocenters. The molecule has 3 rings (SSSR count). The summed E-state index contributed by atoms with van der Waals surface area (Å²) >= 11 is 0. The predicted molar refractivity (Wildman–Crippen MR) is 120 cm³/mol. The first kappa shape index (κ1) is 21.0. The Labute approximate surface area is 176 Å². The third-order valence-corrected chi connectivity index (χ3v) is 4.58. The van der Waals surface area contributed by atoms with Gasteiger partial charge in [-0.1, -0.05) is 38.1 Å². The largest absolute Gasteiger partial charge is 0.397 e. The molecule has 1 aromatic heterocycles. The Kier molecular flexibility index (Phi) is 6.79. The van der Waals surface area contributed by atoms with Crippen LogP contribution in [0.3, 0.4) is 0 Å². The van der Waals surface area contributed by atoms with Crippen molar-refractivity contribution in [2.45, 2.75) is 20.4 Å². The van der Waals surface area contributed by atoms with Crippen molar-refractivity contribution in [1.29, 1.82) is 5.26 Å². The maximum Gasteiger partial charge on any atom is 0.255 e. The molecule has 0 bridgehead atoms. The van der Waals surface area contributed by atoms with E-state index in [2.05, 4.69) is 35.5 Å². The number of pyridine rings is 1. The molecule has 0 radical (unpaired) electrons. The van der Waals surface area contributed by atoms with Gasteiger partial charge in [-0.2, -0.15) is 5.26 Å². The maximum absolute atomic E-state index is 12.5. The predicted octanol–water partition coefficient (Wildman–Crippen LogP) is 4.20. The van der Waals surface area contributed by atoms with Crippen LogP contribution in [0.5, 0.6) is 0 Å². The number of nitriles is 1. The van der Waals surface area contributed by atoms with Crippen LogP contribution in [-0.4, -0.2) is 17.4 Å². The number of carbonyl (C=O) groups is 1. The molecular weight excluding hydrogens is 374 g/mol. The highest BCUT2D eigenvalue weighted by Gasteiger charge is 2.11. The third kappa shape index (κ3) is 5.22. The van der Waals surface area contributed by atoms with Crippen LogP contribution in [0.25, 0.3) is 11.3 Å². The molecule has 0 saturated carbocycles. The van der Waals surface area contributed by atoms with Crippen LogP contribution < -0.4 is 16.4 Å². The van der Waals surface area contributed by atoms with Gasteiger partial charge in [-0.05, 0) is 48.4 Å². The zero-order valence-corrected chi connectivity index (χ0v) is 17.1. The molecule has 0 fully saturated rings. The number of nitrogens with two attached hydrogens (primary N) is 1. The molecule has 6 nitrogen and oxygen atoms in total. The number of rotatable bonds is 7. The highest BCUT2D eigenvalue weighted by molar-refractivity contribution is 6.05. The van der Waals surface area contributed by atoms with Gasteiger partial charge in [0.25, 0.3) is 5.91 Å². The van der Waals surface area contributed by atoms with Gasteiger partial charge in [-0.25, -0.2) is 0 Å². The molecule has 2 aromatic carbocycles. The fourth-order valence-electron chi connectivity index (χ4n) is 3.01. The maximum atomic E-state index is 12.5. The summed E-state index contributed by atoms with van der Waals surface area (Å²) in [5.41, 5.74) is 10.3. The second-order valence-corrected chi connectivity index (χ2v) is 7.50. The fraction of sp³-hybridized carbons (Fsp3) is 0.208. The van der Waals surface area contributed by atoms with E-state index in [1.165, 1.54) is 0 Å². The van der Waals surface area contributed by atoms with Crippen molar-refractivity contribution in [3.63, 3.8) is 0 Å². The molecule has 1 heterocycles. The zero-order valence-electron chi connectivity index (χ0n) is 17.1. The normalized spacial score (nSPS) is 10.6. The Morgan fingerprint density at radius 1 is 1.17 bits per heavy atom. The van der Waals surface area contributed by atoms with Crippen molar-refractivity contribution in [1.82, 2.24) is 10.3 Å². The molecule has 0 spiro atoms. The average Bonchev–Trinajstić information content (AvgIpc) is 2.75. The number of aromatic nitrogens is 1. The van der Waals surface area contributed by atoms with Crippen molar-refractivity contribution in [2.75, 3.05) is 17.6 Å². The molecular formula is C24H25N5O. The first-order chi connectivity index (χ1) is 14.5. The van der Waals surface area contributed by atoms with Crippen LogP contribution >= 0.6 is 0 Å². The Morgan fingerprint density at radius 2 is 1.90 bits per heavy atom. The summed E-state index contributed by atoms with van der Waals surface area (Å²) in [5, 5.41) is 15.7. The van der Waals surface area contributed by atoms with Crippen LogP contribution in [0.2, 0.25) is 0 Å². The van der Waals surface area contributed by atoms with Crippen LogP contribution in [0, 0.1) is 17.2 Å². The number of para-hydroxylation sites is 2. The van der Waals surface area contributed by atoms with Crippen molar-refractivity contribution in [3.8, 4) is 17.3 Å². The van der Waals surface area contributed by atoms with Gasteiger partial charge >= 0.3 is 0 Å². The lowest BCUT2D eigenvalue weighted by atomic mass is 10.0. The minimum absolute atomic E-state index is 0.250. The number of nitrogen functional groups attached to an aromatic ring is 1. The number of hydrogen-bond donors (Lipinski definition) is 3. The van der Waals surface area contributed by atoms with Gasteiger partial charge in [0.2, 0.25) is 0 Å². The van der Waals surface area contributed by atoms with Crippen LogP contribution in [0.1, 0.15) is 35.3 Å². The molecule has 6 heteroatoms. The van der Waals surface area contributed by atoms with Gasteiger partial charge in [0, 0.05) is 23.9 Å². The summed E-state index contributed by atoms with van der Waals surface area (Å²) in [7, 11) is 0. The smallest absolute Gasteiger partial charge is 0.255 e. The average molecular weight is 399 g/mol. The monoisotopic (exact) mass is 399 g/mol. The molecule has 1 amide bonds. The van der Waals surface area contributed by atoms with E-state index in [-0.39, 0.29) is 5.91 Å². The van der Waals surface area contributed by atoms with Crippen LogP contribution in [-0.2, 0) is 6.54 Å². The number of nitrogens with one attached hydrogen (secondary N) is 2. The number of benzene rings is 2. The summed E-state index contributed by atoms with van der Waals surface area (Å²) in [6.45, 7) is 5.87. The Hall–Kier alpha value is -3.69. The van der Waals surface area contributed by atoms with Gasteiger partial charge in [-0.15, -0.1) is 0 Å². The van der Waals surface area contributed by atoms with E-state index < -0.39 is 0 Å². The second kappa shape index (κ2) is 9.68. The first-order valence-corrected chi connectivity index (χ1v) is 9.84. The summed E-state index contributed by atoms with van der Waals surface area (Å²) < 4.78 is 0. The molecule has 30 heavy (non-hydrogen) atoms. The summed E-state index contributed by atoms with van der Waals surface area (Å²) in [6.07, 6.45) is 1.78. The van der Waals surface area contributed by atoms with Crippen molar-refractivity contribution in [2.24, 2.45) is 5.92 Å². The van der Waals surface area contributed by atoms with E-state index in [9.17, 15) is 10.1 Å². The highest BCUT2D eigenvalue weighted by Crippen LogP contribution is 2.23. The third-order valence-electron chi connectivity index (χ3n) is 4.58. The molecule has 4 N–H and O–H groups in total. The molecule has 0 saturated heterocycles. The lowest BCUT2D eigenvalue weighted by molar-refractivity contribution is 0.102. The highest BCUT2D eigenvalue weighted by atomic mass is 16.1. The molecule has 0 unspecified atom stereocenters. The molecule has 0 aliphatic rings. The van der Waals surface area contributed by atoms with E-state index in [1.807, 2.05) is 18.2 Å². The molecule has 152 valence electrons. The van der Waals surface area contributed by atoms with E-state index in [0.29, 0.717) is 40.7 Å². The van der Waals surface area contributed by atoms with Gasteiger partial charge < -0.3 is 16.4 Å². The van der Waals surface area contributed by atoms with Gasteiger partial charge in [-0.3, -0.25) is 9.78 Å². The van der Waals surface area contributed by atoms with Crippen molar-refractivity contribution in [3.05, 3.63) is 77.5 Å². The summed E-state index contributed by atoms with van der Waals surface area (Å²) in [6, 6.07) is 18.2. The van der Waals surface area contributed by atoms with Crippen LogP contribution in [0.4, 0.5) is 11.4 Å². The second-order valence-electron chi connectivity index (χ2n) is 7.50. The number of anilines is 2.